The second-order valence-corrected chi connectivity index (χ2v) is 8.43. The molecule has 2 N–H and O–H groups in total. The van der Waals surface area contributed by atoms with Crippen LogP contribution in [0.15, 0.2) is 47.4 Å². The van der Waals surface area contributed by atoms with Gasteiger partial charge in [0.2, 0.25) is 11.8 Å². The van der Waals surface area contributed by atoms with E-state index in [1.165, 1.54) is 31.2 Å². The minimum Gasteiger partial charge on any atom is -0.462 e. The Morgan fingerprint density at radius 1 is 1.06 bits per heavy atom. The van der Waals surface area contributed by atoms with Gasteiger partial charge in [-0.25, -0.2) is 4.79 Å². The van der Waals surface area contributed by atoms with E-state index in [0.717, 1.165) is 16.7 Å². The second-order valence-electron chi connectivity index (χ2n) is 7.03. The molecule has 4 amide bonds. The Morgan fingerprint density at radius 3 is 2.38 bits per heavy atom. The van der Waals surface area contributed by atoms with E-state index in [1.807, 2.05) is 0 Å². The first-order valence-corrected chi connectivity index (χ1v) is 11.3. The Balaban J connectivity index is 1.66. The Bertz CT molecular complexity index is 1200. The highest BCUT2D eigenvalue weighted by Gasteiger charge is 2.36. The van der Waals surface area contributed by atoms with Gasteiger partial charge in [0.25, 0.3) is 11.1 Å². The van der Waals surface area contributed by atoms with Crippen molar-refractivity contribution in [3.8, 4) is 0 Å². The normalized spacial score (nSPS) is 14.3. The number of ether oxygens (including phenoxy) is 1. The van der Waals surface area contributed by atoms with E-state index < -0.39 is 29.6 Å². The molecular weight excluding hydrogens is 482 g/mol. The van der Waals surface area contributed by atoms with Crippen molar-refractivity contribution in [2.75, 3.05) is 23.8 Å². The van der Waals surface area contributed by atoms with E-state index in [4.69, 9.17) is 16.3 Å². The van der Waals surface area contributed by atoms with Gasteiger partial charge < -0.3 is 15.4 Å². The monoisotopic (exact) mass is 501 g/mol. The van der Waals surface area contributed by atoms with E-state index >= 15 is 0 Å². The van der Waals surface area contributed by atoms with Crippen molar-refractivity contribution < 1.29 is 28.7 Å². The van der Waals surface area contributed by atoms with Gasteiger partial charge in [-0.2, -0.15) is 0 Å². The summed E-state index contributed by atoms with van der Waals surface area (Å²) < 4.78 is 4.93. The molecule has 176 valence electrons. The lowest BCUT2D eigenvalue weighted by Gasteiger charge is -2.13. The van der Waals surface area contributed by atoms with Crippen LogP contribution in [0.1, 0.15) is 29.8 Å². The number of imide groups is 1. The number of rotatable bonds is 7. The van der Waals surface area contributed by atoms with Crippen molar-refractivity contribution in [1.82, 2.24) is 4.90 Å². The molecule has 0 saturated carbocycles. The Kier molecular flexibility index (Phi) is 8.08. The zero-order valence-corrected chi connectivity index (χ0v) is 19.8. The van der Waals surface area contributed by atoms with Crippen molar-refractivity contribution in [3.05, 3.63) is 63.5 Å². The van der Waals surface area contributed by atoms with Gasteiger partial charge in [-0.1, -0.05) is 23.7 Å². The molecule has 2 aromatic rings. The van der Waals surface area contributed by atoms with Crippen molar-refractivity contribution in [1.29, 1.82) is 0 Å². The molecule has 1 aliphatic rings. The van der Waals surface area contributed by atoms with Gasteiger partial charge in [0, 0.05) is 18.3 Å². The molecule has 11 heteroatoms. The lowest BCUT2D eigenvalue weighted by Crippen LogP contribution is -2.36. The highest BCUT2D eigenvalue weighted by atomic mass is 35.5. The summed E-state index contributed by atoms with van der Waals surface area (Å²) >= 11 is 6.74. The molecule has 1 fully saturated rings. The van der Waals surface area contributed by atoms with Crippen LogP contribution >= 0.6 is 23.4 Å². The number of carbonyl (C=O) groups excluding carboxylic acids is 5. The van der Waals surface area contributed by atoms with Crippen LogP contribution in [0.3, 0.4) is 0 Å². The van der Waals surface area contributed by atoms with Crippen molar-refractivity contribution in [2.24, 2.45) is 0 Å². The predicted molar refractivity (Wildman–Crippen MR) is 129 cm³/mol. The molecule has 0 unspecified atom stereocenters. The van der Waals surface area contributed by atoms with E-state index in [0.29, 0.717) is 11.3 Å². The third kappa shape index (κ3) is 6.24. The number of halogens is 1. The lowest BCUT2D eigenvalue weighted by atomic mass is 10.2. The number of hydrogen-bond donors (Lipinski definition) is 2. The molecule has 0 radical (unpaired) electrons. The zero-order valence-electron chi connectivity index (χ0n) is 18.2. The minimum atomic E-state index is -0.634. The summed E-state index contributed by atoms with van der Waals surface area (Å²) in [6.45, 7) is 2.72. The highest BCUT2D eigenvalue weighted by molar-refractivity contribution is 8.18. The second kappa shape index (κ2) is 11.0. The fourth-order valence-corrected chi connectivity index (χ4v) is 4.00. The smallest absolute Gasteiger partial charge is 0.339 e. The molecule has 0 atom stereocenters. The van der Waals surface area contributed by atoms with Crippen molar-refractivity contribution in [2.45, 2.75) is 13.8 Å². The van der Waals surface area contributed by atoms with Crippen LogP contribution in [0.2, 0.25) is 5.02 Å². The SMILES string of the molecule is CCOC(=O)c1cc(NC(=O)CN2C(=O)S/C(=C\c3ccc(NC(C)=O)cc3)C2=O)ccc1Cl. The van der Waals surface area contributed by atoms with Gasteiger partial charge in [-0.3, -0.25) is 24.1 Å². The first-order valence-electron chi connectivity index (χ1n) is 10.1. The van der Waals surface area contributed by atoms with Gasteiger partial charge >= 0.3 is 5.97 Å². The number of amides is 4. The topological polar surface area (TPSA) is 122 Å². The van der Waals surface area contributed by atoms with Crippen LogP contribution in [0.5, 0.6) is 0 Å². The largest absolute Gasteiger partial charge is 0.462 e. The van der Waals surface area contributed by atoms with E-state index in [2.05, 4.69) is 10.6 Å². The third-order valence-corrected chi connectivity index (χ3v) is 5.69. The summed E-state index contributed by atoms with van der Waals surface area (Å²) in [6, 6.07) is 11.0. The van der Waals surface area contributed by atoms with Gasteiger partial charge in [-0.05, 0) is 60.7 Å². The van der Waals surface area contributed by atoms with E-state index in [1.54, 1.807) is 31.2 Å². The Hall–Kier alpha value is -3.63. The fraction of sp³-hybridized carbons (Fsp3) is 0.174. The number of esters is 1. The summed E-state index contributed by atoms with van der Waals surface area (Å²) in [7, 11) is 0. The lowest BCUT2D eigenvalue weighted by molar-refractivity contribution is -0.127. The van der Waals surface area contributed by atoms with Crippen LogP contribution in [0, 0.1) is 0 Å². The standard InChI is InChI=1S/C23H20ClN3O6S/c1-3-33-22(31)17-11-16(8-9-18(17)24)26-20(29)12-27-21(30)19(34-23(27)32)10-14-4-6-15(7-5-14)25-13(2)28/h4-11H,3,12H2,1-2H3,(H,25,28)(H,26,29)/b19-10-. The number of nitrogens with one attached hydrogen (secondary N) is 2. The summed E-state index contributed by atoms with van der Waals surface area (Å²) in [6.07, 6.45) is 1.53. The third-order valence-electron chi connectivity index (χ3n) is 4.45. The number of thioether (sulfide) groups is 1. The number of carbonyl (C=O) groups is 5. The number of hydrogen-bond acceptors (Lipinski definition) is 7. The summed E-state index contributed by atoms with van der Waals surface area (Å²) in [5.41, 5.74) is 1.60. The predicted octanol–water partition coefficient (Wildman–Crippen LogP) is 4.15. The first kappa shape index (κ1) is 25.0. The molecule has 1 aliphatic heterocycles. The molecular formula is C23H20ClN3O6S. The van der Waals surface area contributed by atoms with Crippen LogP contribution in [0.25, 0.3) is 6.08 Å². The van der Waals surface area contributed by atoms with Crippen LogP contribution in [0.4, 0.5) is 16.2 Å². The fourth-order valence-electron chi connectivity index (χ4n) is 2.97. The molecule has 9 nitrogen and oxygen atoms in total. The number of benzene rings is 2. The Labute approximate surface area is 204 Å². The van der Waals surface area contributed by atoms with Gasteiger partial charge in [0.05, 0.1) is 22.1 Å². The number of nitrogens with zero attached hydrogens (tertiary/aromatic N) is 1. The first-order chi connectivity index (χ1) is 16.2. The van der Waals surface area contributed by atoms with Crippen LogP contribution < -0.4 is 10.6 Å². The summed E-state index contributed by atoms with van der Waals surface area (Å²) in [5.74, 6) is -2.06. The van der Waals surface area contributed by atoms with Crippen LogP contribution in [-0.4, -0.2) is 47.0 Å². The molecule has 2 aromatic carbocycles. The molecule has 0 aliphatic carbocycles. The molecule has 0 bridgehead atoms. The molecule has 0 aromatic heterocycles. The molecule has 0 spiro atoms. The minimum absolute atomic E-state index is 0.0833. The molecule has 34 heavy (non-hydrogen) atoms. The number of anilines is 2. The summed E-state index contributed by atoms with van der Waals surface area (Å²) in [4.78, 5) is 61.6. The quantitative estimate of drug-likeness (QED) is 0.431. The van der Waals surface area contributed by atoms with Crippen LogP contribution in [-0.2, 0) is 19.1 Å². The average molecular weight is 502 g/mol. The van der Waals surface area contributed by atoms with E-state index in [9.17, 15) is 24.0 Å². The Morgan fingerprint density at radius 2 is 1.74 bits per heavy atom. The maximum absolute atomic E-state index is 12.7. The van der Waals surface area contributed by atoms with E-state index in [-0.39, 0.29) is 33.7 Å². The van der Waals surface area contributed by atoms with Crippen molar-refractivity contribution in [3.63, 3.8) is 0 Å². The maximum Gasteiger partial charge on any atom is 0.339 e. The maximum atomic E-state index is 12.7. The van der Waals surface area contributed by atoms with Gasteiger partial charge in [0.15, 0.2) is 0 Å². The molecule has 1 heterocycles. The zero-order chi connectivity index (χ0) is 24.8. The van der Waals surface area contributed by atoms with Gasteiger partial charge in [-0.15, -0.1) is 0 Å². The average Bonchev–Trinajstić information content (AvgIpc) is 3.03. The summed E-state index contributed by atoms with van der Waals surface area (Å²) in [5, 5.41) is 4.77. The molecule has 3 rings (SSSR count). The van der Waals surface area contributed by atoms with Crippen molar-refractivity contribution >= 4 is 69.7 Å². The molecule has 1 saturated heterocycles. The highest BCUT2D eigenvalue weighted by Crippen LogP contribution is 2.32. The van der Waals surface area contributed by atoms with Gasteiger partial charge in [0.1, 0.15) is 6.54 Å².